The van der Waals surface area contributed by atoms with Crippen LogP contribution in [0.15, 0.2) is 154 Å². The molecule has 0 aliphatic rings. The molecule has 0 saturated heterocycles. The predicted octanol–water partition coefficient (Wildman–Crippen LogP) is 12.3. The lowest BCUT2D eigenvalue weighted by atomic mass is 9.81. The quantitative estimate of drug-likeness (QED) is 0.136. The van der Waals surface area contributed by atoms with E-state index in [2.05, 4.69) is 75.9 Å². The molecule has 6 nitrogen and oxygen atoms in total. The molecule has 0 amide bonds. The number of phenols is 2. The molecule has 0 heterocycles. The van der Waals surface area contributed by atoms with Gasteiger partial charge in [0.1, 0.15) is 22.9 Å². The van der Waals surface area contributed by atoms with Gasteiger partial charge >= 0.3 is 0 Å². The van der Waals surface area contributed by atoms with Gasteiger partial charge in [0.15, 0.2) is 0 Å². The Bertz CT molecular complexity index is 2360. The molecule has 2 N–H and O–H groups in total. The molecule has 0 spiro atoms. The summed E-state index contributed by atoms with van der Waals surface area (Å²) in [7, 11) is 0. The molecular weight excluding hydrogens is 592 g/mol. The number of phenolic OH excluding ortho intramolecular Hbond substituents is 2. The highest BCUT2D eigenvalue weighted by molar-refractivity contribution is 5.96. The predicted molar refractivity (Wildman–Crippen MR) is 194 cm³/mol. The second-order valence-electron chi connectivity index (χ2n) is 12.1. The Morgan fingerprint density at radius 2 is 0.979 bits per heavy atom. The molecule has 0 aliphatic heterocycles. The van der Waals surface area contributed by atoms with Crippen molar-refractivity contribution in [3.05, 3.63) is 167 Å². The van der Waals surface area contributed by atoms with Gasteiger partial charge in [-0.1, -0.05) is 109 Å². The highest BCUT2D eigenvalue weighted by Gasteiger charge is 2.21. The van der Waals surface area contributed by atoms with E-state index >= 15 is 0 Å². The third-order valence-electron chi connectivity index (χ3n) is 8.86. The van der Waals surface area contributed by atoms with Crippen LogP contribution in [0.25, 0.3) is 21.5 Å². The molecular formula is C42H34N4O2. The molecule has 7 rings (SSSR count). The van der Waals surface area contributed by atoms with Gasteiger partial charge in [-0.05, 0) is 89.2 Å². The van der Waals surface area contributed by atoms with Crippen molar-refractivity contribution < 1.29 is 10.2 Å². The van der Waals surface area contributed by atoms with Gasteiger partial charge in [0.05, 0.1) is 11.4 Å². The first-order chi connectivity index (χ1) is 23.4. The van der Waals surface area contributed by atoms with Crippen LogP contribution >= 0.6 is 0 Å². The molecule has 0 radical (unpaired) electrons. The van der Waals surface area contributed by atoms with Gasteiger partial charge in [0.2, 0.25) is 0 Å². The summed E-state index contributed by atoms with van der Waals surface area (Å²) in [5.41, 5.74) is 8.91. The van der Waals surface area contributed by atoms with Gasteiger partial charge in [-0.3, -0.25) is 0 Å². The minimum Gasteiger partial charge on any atom is -0.506 e. The zero-order valence-corrected chi connectivity index (χ0v) is 27.0. The number of nitrogens with zero attached hydrogens (tertiary/aromatic N) is 4. The minimum atomic E-state index is -0.0372. The summed E-state index contributed by atoms with van der Waals surface area (Å²) in [6.45, 7) is 6.18. The summed E-state index contributed by atoms with van der Waals surface area (Å²) in [5.74, 6) is 0.156. The second-order valence-corrected chi connectivity index (χ2v) is 12.1. The van der Waals surface area contributed by atoms with Crippen LogP contribution in [0.5, 0.6) is 11.5 Å². The van der Waals surface area contributed by atoms with Crippen molar-refractivity contribution in [3.8, 4) is 11.5 Å². The first kappa shape index (κ1) is 30.5. The van der Waals surface area contributed by atoms with E-state index < -0.39 is 0 Å². The van der Waals surface area contributed by atoms with Crippen molar-refractivity contribution in [1.29, 1.82) is 0 Å². The highest BCUT2D eigenvalue weighted by atomic mass is 16.3. The van der Waals surface area contributed by atoms with E-state index in [4.69, 9.17) is 0 Å². The summed E-state index contributed by atoms with van der Waals surface area (Å²) in [4.78, 5) is 0. The molecule has 7 aromatic carbocycles. The van der Waals surface area contributed by atoms with Crippen LogP contribution < -0.4 is 0 Å². The monoisotopic (exact) mass is 626 g/mol. The standard InChI is InChI=1S/C42H34N4O2/c1-26-25-37(44-46-42-34-16-10-8-12-30(34)19-22-39(42)48)28(3)24-35(26)40(31-13-5-4-6-14-31)32-17-20-36(27(2)23-32)43-45-41-33-15-9-7-11-29(33)18-21-38(41)47/h4-25,40,47-48H,1-3H3. The maximum absolute atomic E-state index is 10.6. The lowest BCUT2D eigenvalue weighted by Crippen LogP contribution is -2.06. The molecule has 0 fully saturated rings. The SMILES string of the molecule is Cc1cc(C(c2ccccc2)c2cc(C)c(N=Nc3c(O)ccc4ccccc34)cc2C)ccc1N=Nc1c(O)ccc2ccccc12. The van der Waals surface area contributed by atoms with Gasteiger partial charge in [-0.25, -0.2) is 0 Å². The van der Waals surface area contributed by atoms with E-state index in [-0.39, 0.29) is 17.4 Å². The Morgan fingerprint density at radius 3 is 1.58 bits per heavy atom. The number of hydrogen-bond acceptors (Lipinski definition) is 6. The first-order valence-electron chi connectivity index (χ1n) is 15.9. The number of benzene rings is 7. The van der Waals surface area contributed by atoms with Crippen LogP contribution in [0, 0.1) is 20.8 Å². The second kappa shape index (κ2) is 12.9. The van der Waals surface area contributed by atoms with E-state index in [0.717, 1.165) is 55.2 Å². The van der Waals surface area contributed by atoms with Crippen molar-refractivity contribution in [2.24, 2.45) is 20.5 Å². The van der Waals surface area contributed by atoms with Gasteiger partial charge in [0.25, 0.3) is 0 Å². The zero-order valence-electron chi connectivity index (χ0n) is 27.0. The first-order valence-corrected chi connectivity index (χ1v) is 15.9. The van der Waals surface area contributed by atoms with Gasteiger partial charge in [-0.15, -0.1) is 10.2 Å². The maximum Gasteiger partial charge on any atom is 0.143 e. The average Bonchev–Trinajstić information content (AvgIpc) is 3.10. The third kappa shape index (κ3) is 5.92. The molecule has 234 valence electrons. The van der Waals surface area contributed by atoms with Crippen molar-refractivity contribution in [2.75, 3.05) is 0 Å². The molecule has 1 unspecified atom stereocenters. The molecule has 0 aromatic heterocycles. The molecule has 48 heavy (non-hydrogen) atoms. The number of aryl methyl sites for hydroxylation is 3. The minimum absolute atomic E-state index is 0.0372. The third-order valence-corrected chi connectivity index (χ3v) is 8.86. The molecule has 6 heteroatoms. The number of aromatic hydroxyl groups is 2. The van der Waals surface area contributed by atoms with E-state index in [1.165, 1.54) is 11.1 Å². The zero-order chi connectivity index (χ0) is 33.2. The van der Waals surface area contributed by atoms with Crippen LogP contribution in [0.2, 0.25) is 0 Å². The van der Waals surface area contributed by atoms with Gasteiger partial charge in [-0.2, -0.15) is 10.2 Å². The Morgan fingerprint density at radius 1 is 0.438 bits per heavy atom. The Hall–Kier alpha value is -6.14. The summed E-state index contributed by atoms with van der Waals surface area (Å²) >= 11 is 0. The normalized spacial score (nSPS) is 12.4. The molecule has 0 aliphatic carbocycles. The summed E-state index contributed by atoms with van der Waals surface area (Å²) in [5, 5.41) is 43.0. The summed E-state index contributed by atoms with van der Waals surface area (Å²) < 4.78 is 0. The van der Waals surface area contributed by atoms with Gasteiger partial charge < -0.3 is 10.2 Å². The number of fused-ring (bicyclic) bond motifs is 2. The van der Waals surface area contributed by atoms with Crippen molar-refractivity contribution >= 4 is 44.3 Å². The van der Waals surface area contributed by atoms with Crippen LogP contribution in [0.1, 0.15) is 39.3 Å². The summed E-state index contributed by atoms with van der Waals surface area (Å²) in [6, 6.07) is 43.7. The summed E-state index contributed by atoms with van der Waals surface area (Å²) in [6.07, 6.45) is 0. The van der Waals surface area contributed by atoms with Crippen molar-refractivity contribution in [1.82, 2.24) is 0 Å². The number of azo groups is 2. The Balaban J connectivity index is 1.25. The van der Waals surface area contributed by atoms with Crippen molar-refractivity contribution in [2.45, 2.75) is 26.7 Å². The van der Waals surface area contributed by atoms with Crippen LogP contribution in [-0.2, 0) is 0 Å². The maximum atomic E-state index is 10.6. The number of rotatable bonds is 7. The fourth-order valence-corrected chi connectivity index (χ4v) is 6.31. The van der Waals surface area contributed by atoms with Gasteiger partial charge in [0, 0.05) is 16.7 Å². The Kier molecular flexibility index (Phi) is 8.22. The highest BCUT2D eigenvalue weighted by Crippen LogP contribution is 2.41. The topological polar surface area (TPSA) is 89.9 Å². The largest absolute Gasteiger partial charge is 0.506 e. The molecule has 1 atom stereocenters. The van der Waals surface area contributed by atoms with E-state index in [1.807, 2.05) is 86.6 Å². The molecule has 7 aromatic rings. The van der Waals surface area contributed by atoms with E-state index in [9.17, 15) is 10.2 Å². The van der Waals surface area contributed by atoms with Crippen molar-refractivity contribution in [3.63, 3.8) is 0 Å². The smallest absolute Gasteiger partial charge is 0.143 e. The lowest BCUT2D eigenvalue weighted by Gasteiger charge is -2.22. The lowest BCUT2D eigenvalue weighted by molar-refractivity contribution is 0.476. The van der Waals surface area contributed by atoms with E-state index in [1.54, 1.807) is 12.1 Å². The number of hydrogen-bond donors (Lipinski definition) is 2. The average molecular weight is 627 g/mol. The Labute approximate surface area is 279 Å². The van der Waals surface area contributed by atoms with Crippen LogP contribution in [-0.4, -0.2) is 10.2 Å². The van der Waals surface area contributed by atoms with E-state index in [0.29, 0.717) is 11.4 Å². The fraction of sp³-hybridized carbons (Fsp3) is 0.0952. The molecule has 0 saturated carbocycles. The van der Waals surface area contributed by atoms with Crippen LogP contribution in [0.3, 0.4) is 0 Å². The van der Waals surface area contributed by atoms with Crippen LogP contribution in [0.4, 0.5) is 22.7 Å². The molecule has 0 bridgehead atoms. The fourth-order valence-electron chi connectivity index (χ4n) is 6.31.